The van der Waals surface area contributed by atoms with Crippen molar-refractivity contribution < 1.29 is 18.0 Å². The normalized spacial score (nSPS) is 11.2. The van der Waals surface area contributed by atoms with Crippen molar-refractivity contribution in [1.82, 2.24) is 20.0 Å². The third-order valence-electron chi connectivity index (χ3n) is 2.82. The number of halogens is 3. The van der Waals surface area contributed by atoms with E-state index >= 15 is 0 Å². The van der Waals surface area contributed by atoms with Crippen LogP contribution in [-0.2, 0) is 0 Å². The Morgan fingerprint density at radius 2 is 2.19 bits per heavy atom. The molecule has 3 rings (SSSR count). The van der Waals surface area contributed by atoms with Crippen LogP contribution in [0, 0.1) is 5.82 Å². The van der Waals surface area contributed by atoms with Gasteiger partial charge in [-0.3, -0.25) is 9.89 Å². The van der Waals surface area contributed by atoms with Crippen molar-refractivity contribution >= 4 is 22.5 Å². The molecule has 0 bridgehead atoms. The number of rotatable bonds is 3. The Balaban J connectivity index is 1.88. The molecule has 0 atom stereocenters. The molecule has 1 amide bonds. The monoisotopic (exact) mass is 295 g/mol. The molecule has 3 aromatic rings. The minimum absolute atomic E-state index is 0.0331. The quantitative estimate of drug-likeness (QED) is 0.779. The molecule has 0 saturated heterocycles. The summed E-state index contributed by atoms with van der Waals surface area (Å²) in [6, 6.07) is 4.20. The number of carbonyl (C=O) groups excluding carboxylic acids is 1. The highest BCUT2D eigenvalue weighted by Gasteiger charge is 2.17. The third-order valence-corrected chi connectivity index (χ3v) is 2.82. The second-order valence-electron chi connectivity index (χ2n) is 4.18. The van der Waals surface area contributed by atoms with Gasteiger partial charge in [0.25, 0.3) is 5.91 Å². The average Bonchev–Trinajstić information content (AvgIpc) is 3.05. The first kappa shape index (κ1) is 13.2. The van der Waals surface area contributed by atoms with E-state index in [1.165, 1.54) is 18.2 Å². The molecule has 0 aliphatic rings. The fraction of sp³-hybridized carbons (Fsp3) is 0.0833. The smallest absolute Gasteiger partial charge is 0.318 e. The molecule has 0 fully saturated rings. The molecule has 0 radical (unpaired) electrons. The number of benzene rings is 1. The van der Waals surface area contributed by atoms with E-state index in [4.69, 9.17) is 0 Å². The zero-order chi connectivity index (χ0) is 15.0. The van der Waals surface area contributed by atoms with Crippen molar-refractivity contribution in [1.29, 1.82) is 0 Å². The van der Waals surface area contributed by atoms with Gasteiger partial charge in [-0.25, -0.2) is 9.07 Å². The van der Waals surface area contributed by atoms with Crippen molar-refractivity contribution in [2.75, 3.05) is 5.32 Å². The van der Waals surface area contributed by atoms with E-state index < -0.39 is 18.3 Å². The number of hydrogen-bond acceptors (Lipinski definition) is 3. The SMILES string of the molecule is O=C(Nc1cnn(C(F)F)c1)c1n[nH]c2c(F)cccc12. The number of amides is 1. The first-order valence-electron chi connectivity index (χ1n) is 5.82. The van der Waals surface area contributed by atoms with Crippen LogP contribution in [0.2, 0.25) is 0 Å². The fourth-order valence-corrected chi connectivity index (χ4v) is 1.88. The van der Waals surface area contributed by atoms with Crippen molar-refractivity contribution in [3.8, 4) is 0 Å². The topological polar surface area (TPSA) is 75.6 Å². The van der Waals surface area contributed by atoms with Crippen LogP contribution in [0.15, 0.2) is 30.6 Å². The van der Waals surface area contributed by atoms with Crippen LogP contribution < -0.4 is 5.32 Å². The van der Waals surface area contributed by atoms with Gasteiger partial charge in [0, 0.05) is 5.39 Å². The molecule has 6 nitrogen and oxygen atoms in total. The Morgan fingerprint density at radius 1 is 1.38 bits per heavy atom. The lowest BCUT2D eigenvalue weighted by molar-refractivity contribution is 0.0566. The lowest BCUT2D eigenvalue weighted by atomic mass is 10.2. The summed E-state index contributed by atoms with van der Waals surface area (Å²) in [7, 11) is 0. The summed E-state index contributed by atoms with van der Waals surface area (Å²) >= 11 is 0. The maximum atomic E-state index is 13.5. The number of nitrogens with one attached hydrogen (secondary N) is 2. The highest BCUT2D eigenvalue weighted by Crippen LogP contribution is 2.20. The van der Waals surface area contributed by atoms with Gasteiger partial charge in [0.05, 0.1) is 18.1 Å². The summed E-state index contributed by atoms with van der Waals surface area (Å²) in [4.78, 5) is 12.0. The van der Waals surface area contributed by atoms with Crippen molar-refractivity contribution in [2.45, 2.75) is 6.55 Å². The van der Waals surface area contributed by atoms with Crippen molar-refractivity contribution in [3.05, 3.63) is 42.1 Å². The molecule has 1 aromatic carbocycles. The molecule has 0 saturated carbocycles. The summed E-state index contributed by atoms with van der Waals surface area (Å²) in [5.74, 6) is -1.19. The summed E-state index contributed by atoms with van der Waals surface area (Å²) in [5.41, 5.74) is 0.160. The van der Waals surface area contributed by atoms with E-state index in [2.05, 4.69) is 20.6 Å². The lowest BCUT2D eigenvalue weighted by Gasteiger charge is -2.00. The molecule has 0 unspecified atom stereocenters. The van der Waals surface area contributed by atoms with Gasteiger partial charge < -0.3 is 5.32 Å². The van der Waals surface area contributed by atoms with Gasteiger partial charge in [0.1, 0.15) is 11.3 Å². The van der Waals surface area contributed by atoms with Crippen LogP contribution in [0.25, 0.3) is 10.9 Å². The van der Waals surface area contributed by atoms with Crippen molar-refractivity contribution in [2.24, 2.45) is 0 Å². The van der Waals surface area contributed by atoms with Crippen LogP contribution in [0.3, 0.4) is 0 Å². The predicted octanol–water partition coefficient (Wildman–Crippen LogP) is 2.55. The van der Waals surface area contributed by atoms with Gasteiger partial charge in [-0.05, 0) is 6.07 Å². The molecule has 0 aliphatic heterocycles. The number of H-pyrrole nitrogens is 1. The van der Waals surface area contributed by atoms with Gasteiger partial charge in [0.2, 0.25) is 0 Å². The number of aromatic amines is 1. The number of nitrogens with zero attached hydrogens (tertiary/aromatic N) is 3. The Bertz CT molecular complexity index is 810. The minimum atomic E-state index is -2.80. The largest absolute Gasteiger partial charge is 0.333 e. The number of anilines is 1. The van der Waals surface area contributed by atoms with Crippen LogP contribution in [0.1, 0.15) is 17.0 Å². The summed E-state index contributed by atoms with van der Waals surface area (Å²) in [6.45, 7) is -2.80. The molecule has 0 spiro atoms. The Morgan fingerprint density at radius 3 is 2.90 bits per heavy atom. The Hall–Kier alpha value is -2.84. The summed E-state index contributed by atoms with van der Waals surface area (Å²) in [5, 5.41) is 12.2. The first-order valence-corrected chi connectivity index (χ1v) is 5.82. The van der Waals surface area contributed by atoms with Crippen LogP contribution in [0.4, 0.5) is 18.9 Å². The first-order chi connectivity index (χ1) is 10.1. The number of alkyl halides is 2. The average molecular weight is 295 g/mol. The number of fused-ring (bicyclic) bond motifs is 1. The molecule has 0 aliphatic carbocycles. The van der Waals surface area contributed by atoms with Crippen LogP contribution >= 0.6 is 0 Å². The predicted molar refractivity (Wildman–Crippen MR) is 67.5 cm³/mol. The highest BCUT2D eigenvalue weighted by atomic mass is 19.3. The maximum absolute atomic E-state index is 13.5. The number of hydrogen-bond donors (Lipinski definition) is 2. The summed E-state index contributed by atoms with van der Waals surface area (Å²) in [6.07, 6.45) is 2.07. The van der Waals surface area contributed by atoms with E-state index in [-0.39, 0.29) is 16.9 Å². The highest BCUT2D eigenvalue weighted by molar-refractivity contribution is 6.11. The second-order valence-corrected chi connectivity index (χ2v) is 4.18. The van der Waals surface area contributed by atoms with E-state index in [0.717, 1.165) is 12.4 Å². The molecule has 2 heterocycles. The van der Waals surface area contributed by atoms with Gasteiger partial charge in [-0.15, -0.1) is 0 Å². The molecule has 2 aromatic heterocycles. The van der Waals surface area contributed by atoms with E-state index in [1.54, 1.807) is 0 Å². The van der Waals surface area contributed by atoms with E-state index in [9.17, 15) is 18.0 Å². The third kappa shape index (κ3) is 2.33. The zero-order valence-electron chi connectivity index (χ0n) is 10.3. The van der Waals surface area contributed by atoms with Crippen LogP contribution in [-0.4, -0.2) is 25.9 Å². The molecule has 2 N–H and O–H groups in total. The zero-order valence-corrected chi connectivity index (χ0v) is 10.3. The van der Waals surface area contributed by atoms with E-state index in [0.29, 0.717) is 10.1 Å². The standard InChI is InChI=1S/C12H8F3N5O/c13-8-3-1-2-7-9(8)18-19-10(7)11(21)17-6-4-16-20(5-6)12(14)15/h1-5,12H,(H,17,21)(H,18,19). The number of carbonyl (C=O) groups is 1. The molecular formula is C12H8F3N5O. The second kappa shape index (κ2) is 4.93. The van der Waals surface area contributed by atoms with Gasteiger partial charge >= 0.3 is 6.55 Å². The molecule has 108 valence electrons. The number of aromatic nitrogens is 4. The van der Waals surface area contributed by atoms with Gasteiger partial charge in [-0.2, -0.15) is 19.0 Å². The number of para-hydroxylation sites is 1. The van der Waals surface area contributed by atoms with Crippen molar-refractivity contribution in [3.63, 3.8) is 0 Å². The molecule has 21 heavy (non-hydrogen) atoms. The van der Waals surface area contributed by atoms with E-state index in [1.807, 2.05) is 0 Å². The maximum Gasteiger partial charge on any atom is 0.333 e. The van der Waals surface area contributed by atoms with Gasteiger partial charge in [0.15, 0.2) is 5.69 Å². The Kier molecular flexibility index (Phi) is 3.09. The summed E-state index contributed by atoms with van der Waals surface area (Å²) < 4.78 is 38.6. The fourth-order valence-electron chi connectivity index (χ4n) is 1.88. The molecular weight excluding hydrogens is 287 g/mol. The lowest BCUT2D eigenvalue weighted by Crippen LogP contribution is -2.12. The van der Waals surface area contributed by atoms with Crippen LogP contribution in [0.5, 0.6) is 0 Å². The Labute approximate surface area is 115 Å². The minimum Gasteiger partial charge on any atom is -0.318 e. The van der Waals surface area contributed by atoms with Gasteiger partial charge in [-0.1, -0.05) is 12.1 Å². The molecule has 9 heteroatoms.